The normalized spacial score (nSPS) is 25.8. The molecule has 1 aliphatic heterocycles. The van der Waals surface area contributed by atoms with Gasteiger partial charge in [0.2, 0.25) is 0 Å². The van der Waals surface area contributed by atoms with Gasteiger partial charge in [0.05, 0.1) is 11.5 Å². The highest BCUT2D eigenvalue weighted by Gasteiger charge is 2.39. The van der Waals surface area contributed by atoms with E-state index in [1.807, 2.05) is 0 Å². The van der Waals surface area contributed by atoms with Crippen LogP contribution in [0.4, 0.5) is 0 Å². The molecule has 4 nitrogen and oxygen atoms in total. The Bertz CT molecular complexity index is 812. The summed E-state index contributed by atoms with van der Waals surface area (Å²) in [4.78, 5) is 26.1. The number of aryl methyl sites for hydroxylation is 3. The molecule has 3 rings (SSSR count). The molecule has 1 saturated heterocycles. The third-order valence-corrected chi connectivity index (χ3v) is 8.23. The molecule has 0 unspecified atom stereocenters. The van der Waals surface area contributed by atoms with Crippen molar-refractivity contribution >= 4 is 21.4 Å². The second kappa shape index (κ2) is 8.48. The summed E-state index contributed by atoms with van der Waals surface area (Å²) >= 11 is 0. The van der Waals surface area contributed by atoms with E-state index in [1.54, 1.807) is 0 Å². The maximum absolute atomic E-state index is 13.1. The molecule has 2 fully saturated rings. The molecular formula is C23H32O4S. The monoisotopic (exact) mass is 404 g/mol. The first kappa shape index (κ1) is 21.2. The third-order valence-electron chi connectivity index (χ3n) is 6.51. The second-order valence-electron chi connectivity index (χ2n) is 8.67. The number of sulfone groups is 1. The first-order valence-corrected chi connectivity index (χ1v) is 12.4. The lowest BCUT2D eigenvalue weighted by Gasteiger charge is -2.32. The van der Waals surface area contributed by atoms with Crippen LogP contribution in [0.1, 0.15) is 74.1 Å². The van der Waals surface area contributed by atoms with Gasteiger partial charge in [0, 0.05) is 12.8 Å². The van der Waals surface area contributed by atoms with E-state index in [-0.39, 0.29) is 29.0 Å². The number of benzene rings is 1. The van der Waals surface area contributed by atoms with Crippen molar-refractivity contribution in [1.29, 1.82) is 0 Å². The van der Waals surface area contributed by atoms with Crippen LogP contribution in [0.2, 0.25) is 0 Å². The van der Waals surface area contributed by atoms with Crippen molar-refractivity contribution in [3.63, 3.8) is 0 Å². The molecule has 0 N–H and O–H groups in total. The van der Waals surface area contributed by atoms with Crippen LogP contribution < -0.4 is 0 Å². The summed E-state index contributed by atoms with van der Waals surface area (Å²) in [6.45, 7) is 6.22. The Labute approximate surface area is 169 Å². The number of carbonyl (C=O) groups is 2. The molecule has 0 amide bonds. The van der Waals surface area contributed by atoms with Gasteiger partial charge in [-0.3, -0.25) is 9.59 Å². The standard InChI is InChI=1S/C23H32O4S/c1-4-18-10-15(3)11-19(5-2)22(18)23-20(24)13-17(14-21(23)25)12-16-6-8-28(26,27)9-7-16/h10-11,16-17,23H,4-9,12-14H2,1-3H3. The number of ketones is 2. The van der Waals surface area contributed by atoms with Gasteiger partial charge in [-0.05, 0) is 67.6 Å². The van der Waals surface area contributed by atoms with Gasteiger partial charge in [0.1, 0.15) is 27.3 Å². The predicted octanol–water partition coefficient (Wildman–Crippen LogP) is 3.97. The second-order valence-corrected chi connectivity index (χ2v) is 11.0. The number of Topliss-reactive ketones (excluding diaryl/α,β-unsaturated/α-hetero) is 2. The molecule has 28 heavy (non-hydrogen) atoms. The minimum atomic E-state index is -2.88. The summed E-state index contributed by atoms with van der Waals surface area (Å²) in [5, 5.41) is 0. The molecule has 0 radical (unpaired) electrons. The molecule has 0 spiro atoms. The maximum Gasteiger partial charge on any atom is 0.150 e. The highest BCUT2D eigenvalue weighted by molar-refractivity contribution is 7.91. The van der Waals surface area contributed by atoms with Gasteiger partial charge in [-0.2, -0.15) is 0 Å². The molecule has 1 aromatic rings. The van der Waals surface area contributed by atoms with E-state index in [1.165, 1.54) is 5.56 Å². The van der Waals surface area contributed by atoms with Crippen molar-refractivity contribution in [1.82, 2.24) is 0 Å². The fraction of sp³-hybridized carbons (Fsp3) is 0.652. The smallest absolute Gasteiger partial charge is 0.150 e. The molecule has 2 aliphatic rings. The van der Waals surface area contributed by atoms with Crippen LogP contribution in [-0.4, -0.2) is 31.5 Å². The van der Waals surface area contributed by atoms with Crippen molar-refractivity contribution in [3.8, 4) is 0 Å². The Morgan fingerprint density at radius 3 is 1.86 bits per heavy atom. The van der Waals surface area contributed by atoms with Crippen LogP contribution in [0, 0.1) is 18.8 Å². The van der Waals surface area contributed by atoms with Gasteiger partial charge in [-0.25, -0.2) is 8.42 Å². The fourth-order valence-corrected chi connectivity index (χ4v) is 6.69. The van der Waals surface area contributed by atoms with E-state index >= 15 is 0 Å². The number of carbonyl (C=O) groups excluding carboxylic acids is 2. The molecule has 1 aliphatic carbocycles. The van der Waals surface area contributed by atoms with E-state index in [0.29, 0.717) is 31.6 Å². The lowest BCUT2D eigenvalue weighted by atomic mass is 9.71. The van der Waals surface area contributed by atoms with Crippen LogP contribution in [0.5, 0.6) is 0 Å². The zero-order valence-corrected chi connectivity index (χ0v) is 18.1. The lowest BCUT2D eigenvalue weighted by Crippen LogP contribution is -2.34. The average molecular weight is 405 g/mol. The predicted molar refractivity (Wildman–Crippen MR) is 111 cm³/mol. The summed E-state index contributed by atoms with van der Waals surface area (Å²) in [6.07, 6.45) is 4.67. The molecule has 1 heterocycles. The van der Waals surface area contributed by atoms with E-state index in [9.17, 15) is 18.0 Å². The maximum atomic E-state index is 13.1. The highest BCUT2D eigenvalue weighted by atomic mass is 32.2. The summed E-state index contributed by atoms with van der Waals surface area (Å²) in [7, 11) is -2.88. The van der Waals surface area contributed by atoms with E-state index in [2.05, 4.69) is 32.9 Å². The molecule has 1 saturated carbocycles. The van der Waals surface area contributed by atoms with Crippen molar-refractivity contribution in [3.05, 3.63) is 34.4 Å². The van der Waals surface area contributed by atoms with Gasteiger partial charge < -0.3 is 0 Å². The lowest BCUT2D eigenvalue weighted by molar-refractivity contribution is -0.134. The number of hydrogen-bond donors (Lipinski definition) is 0. The third kappa shape index (κ3) is 4.56. The largest absolute Gasteiger partial charge is 0.299 e. The van der Waals surface area contributed by atoms with Crippen LogP contribution in [0.3, 0.4) is 0 Å². The zero-order valence-electron chi connectivity index (χ0n) is 17.3. The van der Waals surface area contributed by atoms with E-state index in [0.717, 1.165) is 36.0 Å². The number of hydrogen-bond acceptors (Lipinski definition) is 4. The molecular weight excluding hydrogens is 372 g/mol. The molecule has 154 valence electrons. The van der Waals surface area contributed by atoms with Gasteiger partial charge in [0.15, 0.2) is 0 Å². The fourth-order valence-electron chi connectivity index (χ4n) is 5.10. The molecule has 0 aromatic heterocycles. The minimum Gasteiger partial charge on any atom is -0.299 e. The first-order valence-electron chi connectivity index (χ1n) is 10.6. The quantitative estimate of drug-likeness (QED) is 0.697. The topological polar surface area (TPSA) is 68.3 Å². The minimum absolute atomic E-state index is 0.0536. The Balaban J connectivity index is 1.76. The molecule has 0 atom stereocenters. The first-order chi connectivity index (χ1) is 13.2. The Morgan fingerprint density at radius 2 is 1.39 bits per heavy atom. The molecule has 5 heteroatoms. The summed E-state index contributed by atoms with van der Waals surface area (Å²) in [5.74, 6) is 0.394. The van der Waals surface area contributed by atoms with Gasteiger partial charge in [-0.15, -0.1) is 0 Å². The summed E-state index contributed by atoms with van der Waals surface area (Å²) in [5.41, 5.74) is 4.39. The Kier molecular flexibility index (Phi) is 6.43. The summed E-state index contributed by atoms with van der Waals surface area (Å²) < 4.78 is 23.3. The SMILES string of the molecule is CCc1cc(C)cc(CC)c1C1C(=O)CC(CC2CCS(=O)(=O)CC2)CC1=O. The van der Waals surface area contributed by atoms with Crippen LogP contribution >= 0.6 is 0 Å². The molecule has 0 bridgehead atoms. The van der Waals surface area contributed by atoms with Crippen LogP contribution in [-0.2, 0) is 32.3 Å². The van der Waals surface area contributed by atoms with E-state index in [4.69, 9.17) is 0 Å². The van der Waals surface area contributed by atoms with Crippen LogP contribution in [0.25, 0.3) is 0 Å². The van der Waals surface area contributed by atoms with Gasteiger partial charge >= 0.3 is 0 Å². The van der Waals surface area contributed by atoms with Crippen molar-refractivity contribution in [2.75, 3.05) is 11.5 Å². The van der Waals surface area contributed by atoms with Crippen molar-refractivity contribution < 1.29 is 18.0 Å². The van der Waals surface area contributed by atoms with Crippen LogP contribution in [0.15, 0.2) is 12.1 Å². The Morgan fingerprint density at radius 1 is 0.893 bits per heavy atom. The highest BCUT2D eigenvalue weighted by Crippen LogP contribution is 2.38. The van der Waals surface area contributed by atoms with Gasteiger partial charge in [-0.1, -0.05) is 31.5 Å². The van der Waals surface area contributed by atoms with Crippen molar-refractivity contribution in [2.45, 2.75) is 71.6 Å². The zero-order chi connectivity index (χ0) is 20.5. The number of rotatable bonds is 5. The Hall–Kier alpha value is -1.49. The van der Waals surface area contributed by atoms with E-state index < -0.39 is 15.8 Å². The van der Waals surface area contributed by atoms with Gasteiger partial charge in [0.25, 0.3) is 0 Å². The molecule has 1 aromatic carbocycles. The average Bonchev–Trinajstić information content (AvgIpc) is 2.63. The summed E-state index contributed by atoms with van der Waals surface area (Å²) in [6, 6.07) is 4.23. The van der Waals surface area contributed by atoms with Crippen molar-refractivity contribution in [2.24, 2.45) is 11.8 Å².